The van der Waals surface area contributed by atoms with E-state index in [1.54, 1.807) is 19.4 Å². The number of nitrogens with zero attached hydrogens (tertiary/aromatic N) is 4. The van der Waals surface area contributed by atoms with E-state index >= 15 is 0 Å². The summed E-state index contributed by atoms with van der Waals surface area (Å²) in [6.07, 6.45) is 1.66. The number of pyridine rings is 1. The third kappa shape index (κ3) is 4.71. The fraction of sp³-hybridized carbons (Fsp3) is 0.250. The first-order valence-electron chi connectivity index (χ1n) is 10.2. The molecule has 1 saturated heterocycles. The van der Waals surface area contributed by atoms with Gasteiger partial charge in [0.15, 0.2) is 17.3 Å². The van der Waals surface area contributed by atoms with E-state index in [0.717, 1.165) is 37.3 Å². The van der Waals surface area contributed by atoms with Crippen molar-refractivity contribution in [3.63, 3.8) is 0 Å². The van der Waals surface area contributed by atoms with Gasteiger partial charge in [-0.3, -0.25) is 0 Å². The summed E-state index contributed by atoms with van der Waals surface area (Å²) in [5.41, 5.74) is 3.03. The number of piperazine rings is 1. The van der Waals surface area contributed by atoms with Crippen LogP contribution in [0.5, 0.6) is 17.4 Å². The molecular formula is C24H26N4O3. The maximum Gasteiger partial charge on any atom is 0.219 e. The van der Waals surface area contributed by atoms with Crippen LogP contribution in [-0.4, -0.2) is 54.2 Å². The van der Waals surface area contributed by atoms with Crippen LogP contribution >= 0.6 is 0 Å². The molecule has 0 atom stereocenters. The number of aryl methyl sites for hydroxylation is 1. The van der Waals surface area contributed by atoms with Crippen LogP contribution in [0.4, 0.5) is 5.69 Å². The molecule has 0 radical (unpaired) electrons. The first-order chi connectivity index (χ1) is 15.2. The van der Waals surface area contributed by atoms with Crippen LogP contribution in [-0.2, 0) is 0 Å². The summed E-state index contributed by atoms with van der Waals surface area (Å²) in [5, 5.41) is 13.2. The third-order valence-corrected chi connectivity index (χ3v) is 5.32. The zero-order chi connectivity index (χ0) is 21.6. The normalized spacial score (nSPS) is 14.5. The lowest BCUT2D eigenvalue weighted by Gasteiger charge is -2.37. The molecule has 0 aliphatic carbocycles. The van der Waals surface area contributed by atoms with Crippen molar-refractivity contribution in [1.29, 1.82) is 0 Å². The van der Waals surface area contributed by atoms with Gasteiger partial charge in [-0.15, -0.1) is 0 Å². The van der Waals surface area contributed by atoms with Gasteiger partial charge in [-0.1, -0.05) is 29.4 Å². The predicted octanol–water partition coefficient (Wildman–Crippen LogP) is 4.15. The number of hydrogen-bond acceptors (Lipinski definition) is 6. The molecule has 0 bridgehead atoms. The topological polar surface area (TPSA) is 70.4 Å². The lowest BCUT2D eigenvalue weighted by Crippen LogP contribution is -2.49. The molecule has 160 valence electrons. The number of aromatic nitrogens is 1. The molecule has 1 aliphatic rings. The van der Waals surface area contributed by atoms with Crippen LogP contribution in [0.25, 0.3) is 0 Å². The first-order valence-corrected chi connectivity index (χ1v) is 10.2. The molecule has 1 aromatic heterocycles. The molecule has 31 heavy (non-hydrogen) atoms. The summed E-state index contributed by atoms with van der Waals surface area (Å²) in [5.74, 6) is 2.21. The molecule has 1 aliphatic heterocycles. The minimum atomic E-state index is 0.442. The number of rotatable bonds is 5. The number of ether oxygens (including phenoxy) is 2. The smallest absolute Gasteiger partial charge is 0.219 e. The number of hydrogen-bond donors (Lipinski definition) is 1. The van der Waals surface area contributed by atoms with Gasteiger partial charge in [0.05, 0.1) is 7.11 Å². The van der Waals surface area contributed by atoms with Crippen molar-refractivity contribution < 1.29 is 14.7 Å². The van der Waals surface area contributed by atoms with Gasteiger partial charge in [0, 0.05) is 49.7 Å². The van der Waals surface area contributed by atoms with Crippen molar-refractivity contribution in [3.8, 4) is 17.4 Å². The fourth-order valence-corrected chi connectivity index (χ4v) is 3.66. The minimum absolute atomic E-state index is 0.442. The van der Waals surface area contributed by atoms with Crippen LogP contribution in [0.2, 0.25) is 0 Å². The highest BCUT2D eigenvalue weighted by molar-refractivity contribution is 5.98. The van der Waals surface area contributed by atoms with Crippen molar-refractivity contribution in [2.24, 2.45) is 5.16 Å². The summed E-state index contributed by atoms with van der Waals surface area (Å²) in [7, 11) is 1.61. The molecule has 0 spiro atoms. The lowest BCUT2D eigenvalue weighted by atomic mass is 10.2. The monoisotopic (exact) mass is 418 g/mol. The summed E-state index contributed by atoms with van der Waals surface area (Å²) in [6, 6.07) is 19.7. The maximum atomic E-state index is 9.67. The van der Waals surface area contributed by atoms with Gasteiger partial charge < -0.3 is 24.5 Å². The lowest BCUT2D eigenvalue weighted by molar-refractivity contribution is 0.296. The molecule has 1 fully saturated rings. The zero-order valence-corrected chi connectivity index (χ0v) is 17.7. The molecule has 7 heteroatoms. The van der Waals surface area contributed by atoms with Crippen LogP contribution in [0.1, 0.15) is 11.1 Å². The largest absolute Gasteiger partial charge is 0.493 e. The Morgan fingerprint density at radius 2 is 1.74 bits per heavy atom. The van der Waals surface area contributed by atoms with Gasteiger partial charge >= 0.3 is 0 Å². The Morgan fingerprint density at radius 3 is 2.39 bits per heavy atom. The standard InChI is InChI=1S/C24H26N4O3/c1-18-8-10-21(22(16-18)30-2)31-23-11-9-19(17-25-23)24(26-29)28-14-12-27(13-15-28)20-6-4-3-5-7-20/h3-11,16-17,29H,12-15H2,1-2H3/b26-24-. The second-order valence-corrected chi connectivity index (χ2v) is 7.37. The van der Waals surface area contributed by atoms with Crippen LogP contribution in [0.3, 0.4) is 0 Å². The van der Waals surface area contributed by atoms with Gasteiger partial charge in [-0.2, -0.15) is 0 Å². The van der Waals surface area contributed by atoms with Crippen LogP contribution in [0, 0.1) is 6.92 Å². The minimum Gasteiger partial charge on any atom is -0.493 e. The van der Waals surface area contributed by atoms with Crippen molar-refractivity contribution in [3.05, 3.63) is 78.0 Å². The predicted molar refractivity (Wildman–Crippen MR) is 121 cm³/mol. The highest BCUT2D eigenvalue weighted by Crippen LogP contribution is 2.31. The molecule has 0 unspecified atom stereocenters. The van der Waals surface area contributed by atoms with E-state index in [0.29, 0.717) is 23.2 Å². The Kier molecular flexibility index (Phi) is 6.21. The van der Waals surface area contributed by atoms with E-state index in [-0.39, 0.29) is 0 Å². The average molecular weight is 418 g/mol. The van der Waals surface area contributed by atoms with E-state index in [1.165, 1.54) is 5.69 Å². The quantitative estimate of drug-likeness (QED) is 0.291. The fourth-order valence-electron chi connectivity index (χ4n) is 3.66. The molecule has 2 aromatic carbocycles. The Labute approximate surface area is 182 Å². The summed E-state index contributed by atoms with van der Waals surface area (Å²) < 4.78 is 11.3. The van der Waals surface area contributed by atoms with E-state index in [9.17, 15) is 5.21 Å². The van der Waals surface area contributed by atoms with Gasteiger partial charge in [-0.05, 0) is 42.8 Å². The third-order valence-electron chi connectivity index (χ3n) is 5.32. The molecule has 3 aromatic rings. The molecule has 0 amide bonds. The number of oxime groups is 1. The van der Waals surface area contributed by atoms with E-state index < -0.39 is 0 Å². The number of methoxy groups -OCH3 is 1. The van der Waals surface area contributed by atoms with Gasteiger partial charge in [0.2, 0.25) is 5.88 Å². The SMILES string of the molecule is COc1cc(C)ccc1Oc1ccc(/C(=N/O)N2CCN(c3ccccc3)CC2)cn1. The number of benzene rings is 2. The molecular weight excluding hydrogens is 392 g/mol. The molecule has 7 nitrogen and oxygen atoms in total. The van der Waals surface area contributed by atoms with Gasteiger partial charge in [0.1, 0.15) is 0 Å². The molecule has 0 saturated carbocycles. The molecule has 4 rings (SSSR count). The Bertz CT molecular complexity index is 1030. The first kappa shape index (κ1) is 20.5. The second kappa shape index (κ2) is 9.38. The highest BCUT2D eigenvalue weighted by Gasteiger charge is 2.22. The Balaban J connectivity index is 1.42. The summed E-state index contributed by atoms with van der Waals surface area (Å²) in [6.45, 7) is 5.21. The van der Waals surface area contributed by atoms with Gasteiger partial charge in [-0.25, -0.2) is 4.98 Å². The molecule has 2 heterocycles. The molecule has 1 N–H and O–H groups in total. The van der Waals surface area contributed by atoms with E-state index in [2.05, 4.69) is 32.1 Å². The second-order valence-electron chi connectivity index (χ2n) is 7.37. The van der Waals surface area contributed by atoms with Crippen molar-refractivity contribution >= 4 is 11.5 Å². The number of para-hydroxylation sites is 1. The van der Waals surface area contributed by atoms with E-state index in [1.807, 2.05) is 49.4 Å². The zero-order valence-electron chi connectivity index (χ0n) is 17.7. The van der Waals surface area contributed by atoms with E-state index in [4.69, 9.17) is 9.47 Å². The number of anilines is 1. The van der Waals surface area contributed by atoms with Crippen LogP contribution in [0.15, 0.2) is 72.0 Å². The summed E-state index contributed by atoms with van der Waals surface area (Å²) >= 11 is 0. The Morgan fingerprint density at radius 1 is 0.968 bits per heavy atom. The maximum absolute atomic E-state index is 9.67. The Hall–Kier alpha value is -3.74. The van der Waals surface area contributed by atoms with Gasteiger partial charge in [0.25, 0.3) is 0 Å². The van der Waals surface area contributed by atoms with Crippen molar-refractivity contribution in [2.75, 3.05) is 38.2 Å². The average Bonchev–Trinajstić information content (AvgIpc) is 2.83. The summed E-state index contributed by atoms with van der Waals surface area (Å²) in [4.78, 5) is 8.79. The highest BCUT2D eigenvalue weighted by atomic mass is 16.5. The van der Waals surface area contributed by atoms with Crippen molar-refractivity contribution in [2.45, 2.75) is 6.92 Å². The van der Waals surface area contributed by atoms with Crippen molar-refractivity contribution in [1.82, 2.24) is 9.88 Å². The number of amidine groups is 1. The van der Waals surface area contributed by atoms with Crippen LogP contribution < -0.4 is 14.4 Å².